The van der Waals surface area contributed by atoms with E-state index in [1.165, 1.54) is 10.6 Å². The molecule has 35 heavy (non-hydrogen) atoms. The number of benzene rings is 3. The zero-order chi connectivity index (χ0) is 25.6. The molecule has 0 saturated carbocycles. The second-order valence-electron chi connectivity index (χ2n) is 9.05. The Morgan fingerprint density at radius 1 is 1.00 bits per heavy atom. The van der Waals surface area contributed by atoms with E-state index in [1.807, 2.05) is 56.3 Å². The van der Waals surface area contributed by atoms with E-state index >= 15 is 0 Å². The van der Waals surface area contributed by atoms with Gasteiger partial charge in [-0.1, -0.05) is 56.3 Å². The molecule has 0 unspecified atom stereocenters. The Kier molecular flexibility index (Phi) is 8.57. The molecule has 0 aliphatic rings. The lowest BCUT2D eigenvalue weighted by Gasteiger charge is -2.25. The van der Waals surface area contributed by atoms with E-state index in [1.54, 1.807) is 24.3 Å². The van der Waals surface area contributed by atoms with Gasteiger partial charge < -0.3 is 10.1 Å². The van der Waals surface area contributed by atoms with Gasteiger partial charge in [0.2, 0.25) is 10.0 Å². The molecule has 0 bridgehead atoms. The first kappa shape index (κ1) is 26.3. The molecule has 3 aromatic rings. The van der Waals surface area contributed by atoms with Crippen LogP contribution < -0.4 is 14.4 Å². The third kappa shape index (κ3) is 7.09. The highest BCUT2D eigenvalue weighted by atomic mass is 32.2. The van der Waals surface area contributed by atoms with E-state index in [0.29, 0.717) is 30.3 Å². The van der Waals surface area contributed by atoms with Crippen molar-refractivity contribution >= 4 is 21.6 Å². The molecule has 3 rings (SSSR count). The van der Waals surface area contributed by atoms with E-state index in [-0.39, 0.29) is 12.5 Å². The number of hydrogen-bond donors (Lipinski definition) is 1. The molecule has 0 aliphatic carbocycles. The summed E-state index contributed by atoms with van der Waals surface area (Å²) in [6, 6.07) is 20.7. The lowest BCUT2D eigenvalue weighted by atomic mass is 10.0. The van der Waals surface area contributed by atoms with Gasteiger partial charge >= 0.3 is 0 Å². The fourth-order valence-corrected chi connectivity index (χ4v) is 4.75. The summed E-state index contributed by atoms with van der Waals surface area (Å²) in [4.78, 5) is 12.6. The van der Waals surface area contributed by atoms with Crippen molar-refractivity contribution in [2.24, 2.45) is 0 Å². The number of rotatable bonds is 10. The Morgan fingerprint density at radius 3 is 2.34 bits per heavy atom. The van der Waals surface area contributed by atoms with E-state index < -0.39 is 10.0 Å². The van der Waals surface area contributed by atoms with Crippen LogP contribution in [-0.2, 0) is 16.6 Å². The molecular formula is C28H34N2O4S. The number of sulfonamides is 1. The second-order valence-corrected chi connectivity index (χ2v) is 11.0. The number of para-hydroxylation sites is 1. The number of anilines is 1. The van der Waals surface area contributed by atoms with Crippen LogP contribution in [0.15, 0.2) is 66.7 Å². The van der Waals surface area contributed by atoms with E-state index in [9.17, 15) is 13.2 Å². The van der Waals surface area contributed by atoms with Crippen LogP contribution in [0, 0.1) is 13.8 Å². The van der Waals surface area contributed by atoms with Crippen molar-refractivity contribution in [3.8, 4) is 5.75 Å². The van der Waals surface area contributed by atoms with Crippen LogP contribution in [0.25, 0.3) is 0 Å². The maximum atomic E-state index is 12.6. The van der Waals surface area contributed by atoms with Crippen molar-refractivity contribution in [1.29, 1.82) is 0 Å². The first-order chi connectivity index (χ1) is 16.6. The summed E-state index contributed by atoms with van der Waals surface area (Å²) in [5.74, 6) is 0.986. The van der Waals surface area contributed by atoms with Gasteiger partial charge in [-0.3, -0.25) is 9.10 Å². The van der Waals surface area contributed by atoms with Crippen molar-refractivity contribution in [3.63, 3.8) is 0 Å². The van der Waals surface area contributed by atoms with Gasteiger partial charge in [-0.05, 0) is 66.3 Å². The van der Waals surface area contributed by atoms with Gasteiger partial charge in [0.05, 0.1) is 25.0 Å². The number of hydrogen-bond acceptors (Lipinski definition) is 4. The zero-order valence-corrected chi connectivity index (χ0v) is 21.9. The van der Waals surface area contributed by atoms with Crippen LogP contribution in [-0.4, -0.2) is 33.7 Å². The number of nitrogens with one attached hydrogen (secondary N) is 1. The lowest BCUT2D eigenvalue weighted by molar-refractivity contribution is 0.0947. The van der Waals surface area contributed by atoms with Gasteiger partial charge in [0.1, 0.15) is 12.4 Å². The monoisotopic (exact) mass is 494 g/mol. The average Bonchev–Trinajstić information content (AvgIpc) is 2.81. The lowest BCUT2D eigenvalue weighted by Crippen LogP contribution is -2.30. The smallest absolute Gasteiger partial charge is 0.251 e. The zero-order valence-electron chi connectivity index (χ0n) is 21.0. The molecule has 3 aromatic carbocycles. The predicted octanol–water partition coefficient (Wildman–Crippen LogP) is 5.20. The van der Waals surface area contributed by atoms with Crippen molar-refractivity contribution in [2.45, 2.75) is 40.2 Å². The summed E-state index contributed by atoms with van der Waals surface area (Å²) in [5.41, 5.74) is 4.97. The molecule has 0 aliphatic heterocycles. The topological polar surface area (TPSA) is 75.7 Å². The third-order valence-electron chi connectivity index (χ3n) is 5.76. The summed E-state index contributed by atoms with van der Waals surface area (Å²) >= 11 is 0. The molecule has 0 saturated heterocycles. The predicted molar refractivity (Wildman–Crippen MR) is 142 cm³/mol. The number of nitrogens with zero attached hydrogens (tertiary/aromatic N) is 1. The highest BCUT2D eigenvalue weighted by Crippen LogP contribution is 2.27. The minimum atomic E-state index is -3.49. The minimum absolute atomic E-state index is 0.189. The Hall–Kier alpha value is -3.32. The largest absolute Gasteiger partial charge is 0.491 e. The van der Waals surface area contributed by atoms with Crippen LogP contribution in [0.1, 0.15) is 52.4 Å². The van der Waals surface area contributed by atoms with Crippen LogP contribution in [0.3, 0.4) is 0 Å². The second kappa shape index (κ2) is 11.4. The first-order valence-corrected chi connectivity index (χ1v) is 13.5. The van der Waals surface area contributed by atoms with Crippen LogP contribution in [0.5, 0.6) is 5.75 Å². The van der Waals surface area contributed by atoms with E-state index in [2.05, 4.69) is 19.2 Å². The summed E-state index contributed by atoms with van der Waals surface area (Å²) in [6.45, 7) is 8.99. The molecule has 0 atom stereocenters. The van der Waals surface area contributed by atoms with Gasteiger partial charge in [-0.15, -0.1) is 0 Å². The quantitative estimate of drug-likeness (QED) is 0.393. The van der Waals surface area contributed by atoms with Gasteiger partial charge in [0.25, 0.3) is 5.91 Å². The highest BCUT2D eigenvalue weighted by Gasteiger charge is 2.20. The van der Waals surface area contributed by atoms with Crippen molar-refractivity contribution in [1.82, 2.24) is 5.32 Å². The molecule has 7 heteroatoms. The molecule has 1 amide bonds. The summed E-state index contributed by atoms with van der Waals surface area (Å²) < 4.78 is 32.3. The maximum absolute atomic E-state index is 12.6. The summed E-state index contributed by atoms with van der Waals surface area (Å²) in [5, 5.41) is 2.87. The molecule has 0 heterocycles. The van der Waals surface area contributed by atoms with Crippen molar-refractivity contribution in [3.05, 3.63) is 94.5 Å². The Labute approximate surface area is 209 Å². The normalized spacial score (nSPS) is 11.4. The molecule has 0 fully saturated rings. The van der Waals surface area contributed by atoms with Gasteiger partial charge in [0.15, 0.2) is 0 Å². The Bertz CT molecular complexity index is 1270. The van der Waals surface area contributed by atoms with Crippen LogP contribution in [0.2, 0.25) is 0 Å². The molecule has 1 N–H and O–H groups in total. The third-order valence-corrected chi connectivity index (χ3v) is 6.89. The van der Waals surface area contributed by atoms with E-state index in [0.717, 1.165) is 28.0 Å². The number of carbonyl (C=O) groups excluding carboxylic acids is 1. The Balaban J connectivity index is 1.61. The number of ether oxygens (including phenoxy) is 1. The Morgan fingerprint density at radius 2 is 1.69 bits per heavy atom. The SMILES string of the molecule is Cc1ccc(C)c(N(Cc2ccc(C(=O)NCCOc3ccccc3C(C)C)cc2)S(C)(=O)=O)c1. The number of aryl methyl sites for hydroxylation is 2. The first-order valence-electron chi connectivity index (χ1n) is 11.7. The summed E-state index contributed by atoms with van der Waals surface area (Å²) in [6.07, 6.45) is 1.21. The molecule has 0 aromatic heterocycles. The fraction of sp³-hybridized carbons (Fsp3) is 0.321. The van der Waals surface area contributed by atoms with E-state index in [4.69, 9.17) is 4.74 Å². The minimum Gasteiger partial charge on any atom is -0.491 e. The number of amides is 1. The number of carbonyl (C=O) groups is 1. The van der Waals surface area contributed by atoms with Gasteiger partial charge in [-0.25, -0.2) is 8.42 Å². The molecular weight excluding hydrogens is 460 g/mol. The highest BCUT2D eigenvalue weighted by molar-refractivity contribution is 7.92. The van der Waals surface area contributed by atoms with Crippen LogP contribution >= 0.6 is 0 Å². The molecule has 0 spiro atoms. The standard InChI is InChI=1S/C28H34N2O4S/c1-20(2)25-8-6-7-9-27(25)34-17-16-29-28(31)24-14-12-23(13-15-24)19-30(35(5,32)33)26-18-21(3)10-11-22(26)4/h6-15,18,20H,16-17,19H2,1-5H3,(H,29,31). The molecule has 186 valence electrons. The van der Waals surface area contributed by atoms with Gasteiger partial charge in [-0.2, -0.15) is 0 Å². The van der Waals surface area contributed by atoms with Gasteiger partial charge in [0, 0.05) is 5.56 Å². The fourth-order valence-electron chi connectivity index (χ4n) is 3.81. The molecule has 6 nitrogen and oxygen atoms in total. The maximum Gasteiger partial charge on any atom is 0.251 e. The van der Waals surface area contributed by atoms with Crippen LogP contribution in [0.4, 0.5) is 5.69 Å². The van der Waals surface area contributed by atoms with Crippen molar-refractivity contribution < 1.29 is 17.9 Å². The molecule has 0 radical (unpaired) electrons. The summed E-state index contributed by atoms with van der Waals surface area (Å²) in [7, 11) is -3.49. The average molecular weight is 495 g/mol. The van der Waals surface area contributed by atoms with Crippen molar-refractivity contribution in [2.75, 3.05) is 23.7 Å².